The highest BCUT2D eigenvalue weighted by atomic mass is 16.5. The van der Waals surface area contributed by atoms with Gasteiger partial charge in [-0.05, 0) is 51.3 Å². The standard InChI is InChI=1S/C21H25N3O4/c1-4-28-21(27)17-13(2)18(22-14(17)3)20(26)24-12-8-11-16(24)19(25)23-15-9-6-5-7-10-15/h5-7,9-10,16,22H,4,8,11-12H2,1-3H3,(H,23,25). The van der Waals surface area contributed by atoms with Crippen LogP contribution in [0.2, 0.25) is 0 Å². The number of para-hydroxylation sites is 1. The zero-order valence-corrected chi connectivity index (χ0v) is 16.4. The maximum Gasteiger partial charge on any atom is 0.340 e. The van der Waals surface area contributed by atoms with Crippen molar-refractivity contribution in [2.24, 2.45) is 0 Å². The van der Waals surface area contributed by atoms with Crippen molar-refractivity contribution in [1.29, 1.82) is 0 Å². The van der Waals surface area contributed by atoms with E-state index >= 15 is 0 Å². The summed E-state index contributed by atoms with van der Waals surface area (Å²) in [5.41, 5.74) is 2.55. The molecule has 3 rings (SSSR count). The van der Waals surface area contributed by atoms with E-state index in [0.29, 0.717) is 41.2 Å². The van der Waals surface area contributed by atoms with E-state index in [2.05, 4.69) is 10.3 Å². The van der Waals surface area contributed by atoms with Gasteiger partial charge in [-0.2, -0.15) is 0 Å². The van der Waals surface area contributed by atoms with Crippen molar-refractivity contribution in [3.05, 3.63) is 52.8 Å². The Morgan fingerprint density at radius 2 is 1.93 bits per heavy atom. The number of carbonyl (C=O) groups excluding carboxylic acids is 3. The highest BCUT2D eigenvalue weighted by Crippen LogP contribution is 2.25. The van der Waals surface area contributed by atoms with Crippen LogP contribution in [0.15, 0.2) is 30.3 Å². The van der Waals surface area contributed by atoms with E-state index < -0.39 is 12.0 Å². The van der Waals surface area contributed by atoms with Gasteiger partial charge in [0, 0.05) is 17.9 Å². The molecule has 1 unspecified atom stereocenters. The van der Waals surface area contributed by atoms with Gasteiger partial charge in [-0.15, -0.1) is 0 Å². The summed E-state index contributed by atoms with van der Waals surface area (Å²) in [6.07, 6.45) is 1.36. The third-order valence-corrected chi connectivity index (χ3v) is 4.99. The first kappa shape index (κ1) is 19.7. The van der Waals surface area contributed by atoms with Gasteiger partial charge in [0.1, 0.15) is 11.7 Å². The van der Waals surface area contributed by atoms with Crippen LogP contribution in [0.25, 0.3) is 0 Å². The average molecular weight is 383 g/mol. The van der Waals surface area contributed by atoms with Crippen LogP contribution in [-0.2, 0) is 9.53 Å². The maximum absolute atomic E-state index is 13.1. The van der Waals surface area contributed by atoms with Gasteiger partial charge < -0.3 is 19.9 Å². The predicted octanol–water partition coefficient (Wildman–Crippen LogP) is 3.05. The Balaban J connectivity index is 1.81. The Morgan fingerprint density at radius 1 is 1.21 bits per heavy atom. The molecule has 0 saturated carbocycles. The van der Waals surface area contributed by atoms with E-state index in [-0.39, 0.29) is 18.4 Å². The first-order chi connectivity index (χ1) is 13.4. The molecule has 148 valence electrons. The third-order valence-electron chi connectivity index (χ3n) is 4.99. The minimum absolute atomic E-state index is 0.205. The second kappa shape index (κ2) is 8.29. The first-order valence-corrected chi connectivity index (χ1v) is 9.47. The van der Waals surface area contributed by atoms with E-state index in [1.54, 1.807) is 25.7 Å². The molecule has 1 atom stereocenters. The number of benzene rings is 1. The molecule has 1 saturated heterocycles. The SMILES string of the molecule is CCOC(=O)c1c(C)[nH]c(C(=O)N2CCCC2C(=O)Nc2ccccc2)c1C. The molecule has 7 nitrogen and oxygen atoms in total. The zero-order valence-electron chi connectivity index (χ0n) is 16.4. The van der Waals surface area contributed by atoms with E-state index in [0.717, 1.165) is 6.42 Å². The fourth-order valence-corrected chi connectivity index (χ4v) is 3.65. The Hall–Kier alpha value is -3.09. The summed E-state index contributed by atoms with van der Waals surface area (Å²) in [5, 5.41) is 2.87. The number of amides is 2. The molecule has 2 amide bonds. The summed E-state index contributed by atoms with van der Waals surface area (Å²) in [4.78, 5) is 42.6. The molecule has 1 aliphatic heterocycles. The number of esters is 1. The minimum Gasteiger partial charge on any atom is -0.462 e. The van der Waals surface area contributed by atoms with E-state index in [1.165, 1.54) is 0 Å². The number of carbonyl (C=O) groups is 3. The lowest BCUT2D eigenvalue weighted by Gasteiger charge is -2.24. The van der Waals surface area contributed by atoms with E-state index in [9.17, 15) is 14.4 Å². The average Bonchev–Trinajstić information content (AvgIpc) is 3.27. The number of likely N-dealkylation sites (tertiary alicyclic amines) is 1. The smallest absolute Gasteiger partial charge is 0.340 e. The number of ether oxygens (including phenoxy) is 1. The molecule has 1 aromatic carbocycles. The van der Waals surface area contributed by atoms with Crippen molar-refractivity contribution >= 4 is 23.5 Å². The second-order valence-corrected chi connectivity index (χ2v) is 6.86. The van der Waals surface area contributed by atoms with Crippen molar-refractivity contribution in [3.8, 4) is 0 Å². The third kappa shape index (κ3) is 3.78. The van der Waals surface area contributed by atoms with Crippen LogP contribution >= 0.6 is 0 Å². The lowest BCUT2D eigenvalue weighted by Crippen LogP contribution is -2.43. The predicted molar refractivity (Wildman–Crippen MR) is 105 cm³/mol. The second-order valence-electron chi connectivity index (χ2n) is 6.86. The van der Waals surface area contributed by atoms with Crippen molar-refractivity contribution in [3.63, 3.8) is 0 Å². The molecular formula is C21H25N3O4. The number of aryl methyl sites for hydroxylation is 1. The number of nitrogens with zero attached hydrogens (tertiary/aromatic N) is 1. The number of anilines is 1. The summed E-state index contributed by atoms with van der Waals surface area (Å²) in [7, 11) is 0. The lowest BCUT2D eigenvalue weighted by molar-refractivity contribution is -0.119. The molecule has 2 N–H and O–H groups in total. The molecule has 0 radical (unpaired) electrons. The quantitative estimate of drug-likeness (QED) is 0.777. The van der Waals surface area contributed by atoms with E-state index in [4.69, 9.17) is 4.74 Å². The van der Waals surface area contributed by atoms with Crippen molar-refractivity contribution in [2.75, 3.05) is 18.5 Å². The number of aromatic nitrogens is 1. The largest absolute Gasteiger partial charge is 0.462 e. The number of nitrogens with one attached hydrogen (secondary N) is 2. The molecule has 1 fully saturated rings. The number of hydrogen-bond donors (Lipinski definition) is 2. The molecule has 7 heteroatoms. The molecule has 2 aromatic rings. The van der Waals surface area contributed by atoms with Crippen LogP contribution in [0.4, 0.5) is 5.69 Å². The van der Waals surface area contributed by atoms with Gasteiger partial charge in [-0.25, -0.2) is 4.79 Å². The monoisotopic (exact) mass is 383 g/mol. The Morgan fingerprint density at radius 3 is 2.61 bits per heavy atom. The van der Waals surface area contributed by atoms with Crippen LogP contribution in [-0.4, -0.2) is 46.9 Å². The molecular weight excluding hydrogens is 358 g/mol. The molecule has 2 heterocycles. The number of hydrogen-bond acceptors (Lipinski definition) is 4. The molecule has 1 aromatic heterocycles. The molecule has 1 aliphatic rings. The van der Waals surface area contributed by atoms with Crippen molar-refractivity contribution in [1.82, 2.24) is 9.88 Å². The summed E-state index contributed by atoms with van der Waals surface area (Å²) in [6, 6.07) is 8.64. The fourth-order valence-electron chi connectivity index (χ4n) is 3.65. The van der Waals surface area contributed by atoms with Gasteiger partial charge in [0.2, 0.25) is 5.91 Å². The summed E-state index contributed by atoms with van der Waals surface area (Å²) < 4.78 is 5.09. The fraction of sp³-hybridized carbons (Fsp3) is 0.381. The van der Waals surface area contributed by atoms with Gasteiger partial charge in [0.05, 0.1) is 12.2 Å². The highest BCUT2D eigenvalue weighted by Gasteiger charge is 2.36. The Labute approximate surface area is 164 Å². The molecule has 0 aliphatic carbocycles. The zero-order chi connectivity index (χ0) is 20.3. The highest BCUT2D eigenvalue weighted by molar-refractivity contribution is 6.04. The normalized spacial score (nSPS) is 16.1. The summed E-state index contributed by atoms with van der Waals surface area (Å²) >= 11 is 0. The summed E-state index contributed by atoms with van der Waals surface area (Å²) in [5.74, 6) is -0.932. The van der Waals surface area contributed by atoms with Crippen molar-refractivity contribution < 1.29 is 19.1 Å². The van der Waals surface area contributed by atoms with Gasteiger partial charge >= 0.3 is 5.97 Å². The number of H-pyrrole nitrogens is 1. The Kier molecular flexibility index (Phi) is 5.82. The molecule has 0 spiro atoms. The summed E-state index contributed by atoms with van der Waals surface area (Å²) in [6.45, 7) is 5.96. The van der Waals surface area contributed by atoms with Gasteiger partial charge in [0.25, 0.3) is 5.91 Å². The van der Waals surface area contributed by atoms with Gasteiger partial charge in [-0.3, -0.25) is 9.59 Å². The first-order valence-electron chi connectivity index (χ1n) is 9.47. The van der Waals surface area contributed by atoms with Crippen LogP contribution in [0.5, 0.6) is 0 Å². The van der Waals surface area contributed by atoms with Crippen LogP contribution in [0.1, 0.15) is 51.9 Å². The Bertz CT molecular complexity index is 889. The number of rotatable bonds is 5. The minimum atomic E-state index is -0.540. The molecule has 28 heavy (non-hydrogen) atoms. The van der Waals surface area contributed by atoms with Crippen LogP contribution in [0, 0.1) is 13.8 Å². The van der Waals surface area contributed by atoms with E-state index in [1.807, 2.05) is 30.3 Å². The lowest BCUT2D eigenvalue weighted by atomic mass is 10.1. The number of aromatic amines is 1. The van der Waals surface area contributed by atoms with Crippen LogP contribution < -0.4 is 5.32 Å². The topological polar surface area (TPSA) is 91.5 Å². The molecule has 0 bridgehead atoms. The van der Waals surface area contributed by atoms with Crippen molar-refractivity contribution in [2.45, 2.75) is 39.7 Å². The van der Waals surface area contributed by atoms with Gasteiger partial charge in [0.15, 0.2) is 0 Å². The maximum atomic E-state index is 13.1. The van der Waals surface area contributed by atoms with Gasteiger partial charge in [-0.1, -0.05) is 18.2 Å². The van der Waals surface area contributed by atoms with Crippen LogP contribution in [0.3, 0.4) is 0 Å².